The third-order valence-electron chi connectivity index (χ3n) is 2.86. The number of carbonyl (C=O) groups excluding carboxylic acids is 1. The summed E-state index contributed by atoms with van der Waals surface area (Å²) in [4.78, 5) is 14.1. The molecule has 0 spiro atoms. The molecule has 1 rings (SSSR count). The number of hydrogen-bond donors (Lipinski definition) is 0. The van der Waals surface area contributed by atoms with Gasteiger partial charge in [0.2, 0.25) is 0 Å². The first-order chi connectivity index (χ1) is 8.51. The summed E-state index contributed by atoms with van der Waals surface area (Å²) >= 11 is 0. The first-order valence-corrected chi connectivity index (χ1v) is 6.22. The Bertz CT molecular complexity index is 456. The fourth-order valence-corrected chi connectivity index (χ4v) is 1.81. The summed E-state index contributed by atoms with van der Waals surface area (Å²) in [5.74, 6) is -0.0602. The van der Waals surface area contributed by atoms with Crippen molar-refractivity contribution in [2.75, 3.05) is 6.54 Å². The van der Waals surface area contributed by atoms with E-state index in [2.05, 4.69) is 11.2 Å². The highest BCUT2D eigenvalue weighted by atomic mass is 16.2. The van der Waals surface area contributed by atoms with Crippen molar-refractivity contribution in [3.05, 3.63) is 17.5 Å². The van der Waals surface area contributed by atoms with Crippen molar-refractivity contribution in [2.24, 2.45) is 7.05 Å². The molecule has 1 aromatic rings. The molecule has 0 N–H and O–H groups in total. The van der Waals surface area contributed by atoms with Crippen LogP contribution in [0.1, 0.15) is 43.4 Å². The van der Waals surface area contributed by atoms with Crippen molar-refractivity contribution in [3.63, 3.8) is 0 Å². The van der Waals surface area contributed by atoms with E-state index in [1.807, 2.05) is 26.8 Å². The molecular weight excluding hydrogens is 228 g/mol. The quantitative estimate of drug-likeness (QED) is 0.797. The van der Waals surface area contributed by atoms with E-state index in [9.17, 15) is 4.79 Å². The summed E-state index contributed by atoms with van der Waals surface area (Å²) in [6.07, 6.45) is 1.16. The molecule has 0 saturated heterocycles. The van der Waals surface area contributed by atoms with Crippen LogP contribution in [0.4, 0.5) is 0 Å². The second kappa shape index (κ2) is 6.20. The second-order valence-electron chi connectivity index (χ2n) is 4.50. The fraction of sp³-hybridized carbons (Fsp3) is 0.615. The molecule has 18 heavy (non-hydrogen) atoms. The molecule has 0 aliphatic carbocycles. The third kappa shape index (κ3) is 3.10. The van der Waals surface area contributed by atoms with Crippen LogP contribution in [-0.2, 0) is 13.5 Å². The average molecular weight is 248 g/mol. The Morgan fingerprint density at radius 1 is 1.61 bits per heavy atom. The molecule has 5 nitrogen and oxygen atoms in total. The Hall–Kier alpha value is -1.83. The van der Waals surface area contributed by atoms with Crippen LogP contribution in [0.3, 0.4) is 0 Å². The average Bonchev–Trinajstić information content (AvgIpc) is 2.70. The first kappa shape index (κ1) is 14.2. The maximum absolute atomic E-state index is 12.4. The van der Waals surface area contributed by atoms with Gasteiger partial charge >= 0.3 is 0 Å². The first-order valence-electron chi connectivity index (χ1n) is 6.22. The van der Waals surface area contributed by atoms with E-state index in [4.69, 9.17) is 5.26 Å². The molecule has 0 aromatic carbocycles. The van der Waals surface area contributed by atoms with Crippen LogP contribution in [0.25, 0.3) is 0 Å². The zero-order chi connectivity index (χ0) is 13.7. The van der Waals surface area contributed by atoms with Crippen LogP contribution in [0.5, 0.6) is 0 Å². The zero-order valence-corrected chi connectivity index (χ0v) is 11.5. The third-order valence-corrected chi connectivity index (χ3v) is 2.86. The number of carbonyl (C=O) groups is 1. The van der Waals surface area contributed by atoms with Gasteiger partial charge in [-0.2, -0.15) is 10.4 Å². The minimum atomic E-state index is -0.0602. The largest absolute Gasteiger partial charge is 0.334 e. The van der Waals surface area contributed by atoms with Crippen LogP contribution < -0.4 is 0 Å². The molecule has 5 heteroatoms. The number of nitriles is 1. The molecule has 0 aliphatic rings. The number of nitrogens with zero attached hydrogens (tertiary/aromatic N) is 4. The SMILES string of the molecule is CCc1cc(C(=O)N(CCC#N)C(C)C)n(C)n1. The highest BCUT2D eigenvalue weighted by molar-refractivity contribution is 5.92. The second-order valence-corrected chi connectivity index (χ2v) is 4.50. The molecule has 0 aliphatic heterocycles. The van der Waals surface area contributed by atoms with Gasteiger partial charge in [-0.25, -0.2) is 0 Å². The Morgan fingerprint density at radius 3 is 2.72 bits per heavy atom. The smallest absolute Gasteiger partial charge is 0.272 e. The molecule has 0 unspecified atom stereocenters. The standard InChI is InChI=1S/C13H20N4O/c1-5-11-9-12(16(4)15-11)13(18)17(10(2)3)8-6-7-14/h9-10H,5-6,8H2,1-4H3. The van der Waals surface area contributed by atoms with Crippen molar-refractivity contribution in [2.45, 2.75) is 39.7 Å². The Labute approximate surface area is 108 Å². The molecule has 98 valence electrons. The van der Waals surface area contributed by atoms with Crippen molar-refractivity contribution in [3.8, 4) is 6.07 Å². The summed E-state index contributed by atoms with van der Waals surface area (Å²) in [5, 5.41) is 12.9. The van der Waals surface area contributed by atoms with E-state index in [1.165, 1.54) is 0 Å². The van der Waals surface area contributed by atoms with E-state index in [-0.39, 0.29) is 11.9 Å². The lowest BCUT2D eigenvalue weighted by Crippen LogP contribution is -2.38. The van der Waals surface area contributed by atoms with E-state index >= 15 is 0 Å². The topological polar surface area (TPSA) is 61.9 Å². The minimum Gasteiger partial charge on any atom is -0.334 e. The summed E-state index contributed by atoms with van der Waals surface area (Å²) < 4.78 is 1.61. The van der Waals surface area contributed by atoms with Gasteiger partial charge in [0.15, 0.2) is 0 Å². The van der Waals surface area contributed by atoms with E-state index in [0.717, 1.165) is 12.1 Å². The number of aryl methyl sites for hydroxylation is 2. The number of amides is 1. The van der Waals surface area contributed by atoms with Gasteiger partial charge in [-0.1, -0.05) is 6.92 Å². The maximum Gasteiger partial charge on any atom is 0.272 e. The highest BCUT2D eigenvalue weighted by Gasteiger charge is 2.21. The predicted molar refractivity (Wildman–Crippen MR) is 69.0 cm³/mol. The molecular formula is C13H20N4O. The minimum absolute atomic E-state index is 0.0602. The summed E-state index contributed by atoms with van der Waals surface area (Å²) in [5.41, 5.74) is 1.49. The monoisotopic (exact) mass is 248 g/mol. The van der Waals surface area contributed by atoms with Gasteiger partial charge in [0, 0.05) is 19.6 Å². The Morgan fingerprint density at radius 2 is 2.28 bits per heavy atom. The van der Waals surface area contributed by atoms with E-state index in [1.54, 1.807) is 16.6 Å². The Kier molecular flexibility index (Phi) is 4.90. The van der Waals surface area contributed by atoms with Gasteiger partial charge in [0.05, 0.1) is 18.2 Å². The molecule has 0 saturated carbocycles. The number of aromatic nitrogens is 2. The van der Waals surface area contributed by atoms with Crippen LogP contribution in [0, 0.1) is 11.3 Å². The van der Waals surface area contributed by atoms with Crippen molar-refractivity contribution < 1.29 is 4.79 Å². The van der Waals surface area contributed by atoms with E-state index < -0.39 is 0 Å². The lowest BCUT2D eigenvalue weighted by molar-refractivity contribution is 0.0699. The fourth-order valence-electron chi connectivity index (χ4n) is 1.81. The zero-order valence-electron chi connectivity index (χ0n) is 11.5. The Balaban J connectivity index is 2.94. The molecule has 0 bridgehead atoms. The van der Waals surface area contributed by atoms with Gasteiger partial charge in [-0.3, -0.25) is 9.48 Å². The predicted octanol–water partition coefficient (Wildman–Crippen LogP) is 1.75. The van der Waals surface area contributed by atoms with Gasteiger partial charge < -0.3 is 4.90 Å². The van der Waals surface area contributed by atoms with Gasteiger partial charge in [0.25, 0.3) is 5.91 Å². The van der Waals surface area contributed by atoms with E-state index in [0.29, 0.717) is 18.7 Å². The van der Waals surface area contributed by atoms with Gasteiger partial charge in [0.1, 0.15) is 5.69 Å². The lowest BCUT2D eigenvalue weighted by atomic mass is 10.2. The highest BCUT2D eigenvalue weighted by Crippen LogP contribution is 2.11. The van der Waals surface area contributed by atoms with Crippen LogP contribution in [0.2, 0.25) is 0 Å². The molecule has 1 aromatic heterocycles. The molecule has 0 fully saturated rings. The lowest BCUT2D eigenvalue weighted by Gasteiger charge is -2.25. The van der Waals surface area contributed by atoms with Crippen molar-refractivity contribution in [1.82, 2.24) is 14.7 Å². The summed E-state index contributed by atoms with van der Waals surface area (Å²) in [7, 11) is 1.77. The van der Waals surface area contributed by atoms with Gasteiger partial charge in [-0.05, 0) is 26.3 Å². The maximum atomic E-state index is 12.4. The van der Waals surface area contributed by atoms with Crippen molar-refractivity contribution in [1.29, 1.82) is 5.26 Å². The van der Waals surface area contributed by atoms with Crippen molar-refractivity contribution >= 4 is 5.91 Å². The molecule has 0 radical (unpaired) electrons. The molecule has 1 amide bonds. The normalized spacial score (nSPS) is 10.4. The van der Waals surface area contributed by atoms with Gasteiger partial charge in [-0.15, -0.1) is 0 Å². The number of hydrogen-bond acceptors (Lipinski definition) is 3. The summed E-state index contributed by atoms with van der Waals surface area (Å²) in [6.45, 7) is 6.37. The molecule has 1 heterocycles. The number of rotatable bonds is 5. The molecule has 0 atom stereocenters. The van der Waals surface area contributed by atoms with Crippen LogP contribution in [-0.4, -0.2) is 33.2 Å². The van der Waals surface area contributed by atoms with Crippen LogP contribution in [0.15, 0.2) is 6.07 Å². The summed E-state index contributed by atoms with van der Waals surface area (Å²) in [6, 6.07) is 3.97. The van der Waals surface area contributed by atoms with Crippen LogP contribution >= 0.6 is 0 Å².